The zero-order chi connectivity index (χ0) is 35.0. The molecule has 246 valence electrons. The summed E-state index contributed by atoms with van der Waals surface area (Å²) in [5.74, 6) is 1.51. The Morgan fingerprint density at radius 1 is 0.528 bits per heavy atom. The van der Waals surface area contributed by atoms with Gasteiger partial charge in [0.05, 0.1) is 33.2 Å². The van der Waals surface area contributed by atoms with E-state index in [2.05, 4.69) is 77.4 Å². The topological polar surface area (TPSA) is 80.5 Å². The standard InChI is InChI=1S/C46H25N5OS/c47-26-29-23-35(46-49-44(27-13-3-1-4-14-27)48-45(50-46)28-15-5-2-6-16-28)43-41(32-19-8-11-21-38(32)52-43)42(29)51-36-20-10-7-17-30(36)33-24-34-31-18-9-12-22-39(31)53-40(34)25-37(33)51/h1-25H. The molecule has 0 aliphatic rings. The summed E-state index contributed by atoms with van der Waals surface area (Å²) in [6.45, 7) is 0. The maximum absolute atomic E-state index is 11.1. The molecule has 0 atom stereocenters. The second-order valence-corrected chi connectivity index (χ2v) is 14.2. The maximum atomic E-state index is 11.1. The molecule has 4 aromatic heterocycles. The van der Waals surface area contributed by atoms with Crippen LogP contribution >= 0.6 is 11.3 Å². The largest absolute Gasteiger partial charge is 0.455 e. The minimum absolute atomic E-state index is 0.430. The highest BCUT2D eigenvalue weighted by Crippen LogP contribution is 2.46. The maximum Gasteiger partial charge on any atom is 0.167 e. The molecule has 0 aliphatic heterocycles. The van der Waals surface area contributed by atoms with Gasteiger partial charge in [0.2, 0.25) is 0 Å². The van der Waals surface area contributed by atoms with Gasteiger partial charge in [-0.25, -0.2) is 15.0 Å². The van der Waals surface area contributed by atoms with Crippen LogP contribution in [0.2, 0.25) is 0 Å². The van der Waals surface area contributed by atoms with E-state index in [0.717, 1.165) is 49.4 Å². The fraction of sp³-hybridized carbons (Fsp3) is 0. The minimum Gasteiger partial charge on any atom is -0.455 e. The summed E-state index contributed by atoms with van der Waals surface area (Å²) >= 11 is 1.79. The van der Waals surface area contributed by atoms with Crippen LogP contribution in [-0.2, 0) is 0 Å². The van der Waals surface area contributed by atoms with Crippen LogP contribution in [0.15, 0.2) is 156 Å². The average Bonchev–Trinajstić information content (AvgIpc) is 3.89. The Balaban J connectivity index is 1.27. The number of nitriles is 1. The summed E-state index contributed by atoms with van der Waals surface area (Å²) < 4.78 is 11.5. The number of hydrogen-bond acceptors (Lipinski definition) is 6. The van der Waals surface area contributed by atoms with Crippen LogP contribution in [0.25, 0.3) is 104 Å². The van der Waals surface area contributed by atoms with Crippen LogP contribution in [0.1, 0.15) is 5.56 Å². The quantitative estimate of drug-likeness (QED) is 0.183. The molecule has 0 unspecified atom stereocenters. The number of fused-ring (bicyclic) bond motifs is 9. The van der Waals surface area contributed by atoms with Gasteiger partial charge in [0.1, 0.15) is 17.2 Å². The van der Waals surface area contributed by atoms with Gasteiger partial charge < -0.3 is 8.98 Å². The van der Waals surface area contributed by atoms with E-state index >= 15 is 0 Å². The lowest BCUT2D eigenvalue weighted by Crippen LogP contribution is -2.03. The molecule has 4 heterocycles. The summed E-state index contributed by atoms with van der Waals surface area (Å²) in [6.07, 6.45) is 0. The van der Waals surface area contributed by atoms with Crippen molar-refractivity contribution in [2.45, 2.75) is 0 Å². The fourth-order valence-electron chi connectivity index (χ4n) is 7.72. The van der Waals surface area contributed by atoms with Gasteiger partial charge in [-0.15, -0.1) is 11.3 Å². The monoisotopic (exact) mass is 695 g/mol. The Bertz CT molecular complexity index is 3240. The summed E-state index contributed by atoms with van der Waals surface area (Å²) in [5.41, 5.74) is 6.97. The van der Waals surface area contributed by atoms with Crippen LogP contribution in [0.4, 0.5) is 0 Å². The lowest BCUT2D eigenvalue weighted by atomic mass is 10.0. The van der Waals surface area contributed by atoms with Crippen molar-refractivity contribution in [1.29, 1.82) is 5.26 Å². The third-order valence-electron chi connectivity index (χ3n) is 10.1. The molecule has 0 aliphatic carbocycles. The van der Waals surface area contributed by atoms with E-state index in [1.54, 1.807) is 11.3 Å². The van der Waals surface area contributed by atoms with Crippen molar-refractivity contribution in [3.63, 3.8) is 0 Å². The van der Waals surface area contributed by atoms with Gasteiger partial charge in [0, 0.05) is 47.5 Å². The van der Waals surface area contributed by atoms with E-state index in [4.69, 9.17) is 19.4 Å². The molecule has 0 N–H and O–H groups in total. The molecular weight excluding hydrogens is 671 g/mol. The van der Waals surface area contributed by atoms with Crippen molar-refractivity contribution in [3.8, 4) is 45.9 Å². The van der Waals surface area contributed by atoms with Gasteiger partial charge in [0.25, 0.3) is 0 Å². The van der Waals surface area contributed by atoms with Gasteiger partial charge in [-0.2, -0.15) is 5.26 Å². The highest BCUT2D eigenvalue weighted by atomic mass is 32.1. The third kappa shape index (κ3) is 4.46. The van der Waals surface area contributed by atoms with Crippen molar-refractivity contribution in [2.24, 2.45) is 0 Å². The number of nitrogens with zero attached hydrogens (tertiary/aromatic N) is 5. The SMILES string of the molecule is N#Cc1cc(-c2nc(-c3ccccc3)nc(-c3ccccc3)n2)c2oc3ccccc3c2c1-n1c2ccccc2c2cc3c(cc21)sc1ccccc13. The first-order valence-electron chi connectivity index (χ1n) is 17.3. The minimum atomic E-state index is 0.430. The number of para-hydroxylation sites is 2. The molecule has 11 aromatic rings. The molecule has 0 radical (unpaired) electrons. The zero-order valence-corrected chi connectivity index (χ0v) is 28.8. The molecule has 0 amide bonds. The van der Waals surface area contributed by atoms with E-state index in [1.165, 1.54) is 20.2 Å². The molecule has 0 saturated carbocycles. The number of aromatic nitrogens is 4. The normalized spacial score (nSPS) is 11.8. The van der Waals surface area contributed by atoms with Crippen LogP contribution in [0.5, 0.6) is 0 Å². The summed E-state index contributed by atoms with van der Waals surface area (Å²) in [7, 11) is 0. The molecule has 53 heavy (non-hydrogen) atoms. The molecule has 0 spiro atoms. The lowest BCUT2D eigenvalue weighted by molar-refractivity contribution is 0.669. The highest BCUT2D eigenvalue weighted by Gasteiger charge is 2.26. The molecule has 7 heteroatoms. The van der Waals surface area contributed by atoms with E-state index in [0.29, 0.717) is 39.8 Å². The van der Waals surface area contributed by atoms with Crippen molar-refractivity contribution in [3.05, 3.63) is 157 Å². The number of benzene rings is 7. The third-order valence-corrected chi connectivity index (χ3v) is 11.2. The molecule has 6 nitrogen and oxygen atoms in total. The Morgan fingerprint density at radius 2 is 1.15 bits per heavy atom. The highest BCUT2D eigenvalue weighted by molar-refractivity contribution is 7.25. The van der Waals surface area contributed by atoms with Gasteiger partial charge >= 0.3 is 0 Å². The van der Waals surface area contributed by atoms with E-state index < -0.39 is 0 Å². The predicted molar refractivity (Wildman–Crippen MR) is 215 cm³/mol. The average molecular weight is 696 g/mol. The Labute approximate surface area is 306 Å². The van der Waals surface area contributed by atoms with E-state index in [1.807, 2.05) is 84.9 Å². The van der Waals surface area contributed by atoms with Crippen molar-refractivity contribution >= 4 is 75.3 Å². The molecule has 11 rings (SSSR count). The molecule has 0 saturated heterocycles. The summed E-state index contributed by atoms with van der Waals surface area (Å²) in [4.78, 5) is 15.0. The van der Waals surface area contributed by atoms with Gasteiger partial charge in [-0.3, -0.25) is 0 Å². The van der Waals surface area contributed by atoms with Gasteiger partial charge in [0.15, 0.2) is 17.5 Å². The lowest BCUT2D eigenvalue weighted by Gasteiger charge is -2.14. The molecular formula is C46H25N5OS. The first-order chi connectivity index (χ1) is 26.2. The Hall–Kier alpha value is -7.14. The smallest absolute Gasteiger partial charge is 0.167 e. The first kappa shape index (κ1) is 29.6. The van der Waals surface area contributed by atoms with Crippen LogP contribution in [0, 0.1) is 11.3 Å². The summed E-state index contributed by atoms with van der Waals surface area (Å²) in [5, 5.41) is 17.6. The second kappa shape index (κ2) is 11.4. The second-order valence-electron chi connectivity index (χ2n) is 13.1. The van der Waals surface area contributed by atoms with Gasteiger partial charge in [-0.1, -0.05) is 115 Å². The van der Waals surface area contributed by atoms with Crippen LogP contribution in [-0.4, -0.2) is 19.5 Å². The number of thiophene rings is 1. The number of hydrogen-bond donors (Lipinski definition) is 0. The van der Waals surface area contributed by atoms with Crippen LogP contribution in [0.3, 0.4) is 0 Å². The fourth-order valence-corrected chi connectivity index (χ4v) is 8.85. The van der Waals surface area contributed by atoms with E-state index in [-0.39, 0.29) is 0 Å². The summed E-state index contributed by atoms with van der Waals surface area (Å²) in [6, 6.07) is 53.9. The number of rotatable bonds is 4. The zero-order valence-electron chi connectivity index (χ0n) is 28.0. The Kier molecular flexibility index (Phi) is 6.38. The van der Waals surface area contributed by atoms with E-state index in [9.17, 15) is 5.26 Å². The van der Waals surface area contributed by atoms with Crippen LogP contribution < -0.4 is 0 Å². The first-order valence-corrected chi connectivity index (χ1v) is 18.2. The van der Waals surface area contributed by atoms with Crippen molar-refractivity contribution in [1.82, 2.24) is 19.5 Å². The van der Waals surface area contributed by atoms with Crippen molar-refractivity contribution < 1.29 is 4.42 Å². The molecule has 0 fully saturated rings. The molecule has 0 bridgehead atoms. The molecule has 7 aromatic carbocycles. The number of furan rings is 1. The van der Waals surface area contributed by atoms with Gasteiger partial charge in [-0.05, 0) is 36.4 Å². The Morgan fingerprint density at radius 3 is 1.89 bits per heavy atom. The predicted octanol–water partition coefficient (Wildman–Crippen LogP) is 12.1. The van der Waals surface area contributed by atoms with Crippen molar-refractivity contribution in [2.75, 3.05) is 0 Å².